The Balaban J connectivity index is 2.61. The van der Waals surface area contributed by atoms with Gasteiger partial charge in [0.05, 0.1) is 7.11 Å². The van der Waals surface area contributed by atoms with Crippen LogP contribution in [0.5, 0.6) is 0 Å². The van der Waals surface area contributed by atoms with Gasteiger partial charge in [0.15, 0.2) is 0 Å². The van der Waals surface area contributed by atoms with Crippen LogP contribution in [0.2, 0.25) is 5.02 Å². The zero-order chi connectivity index (χ0) is 13.5. The van der Waals surface area contributed by atoms with E-state index in [1.165, 1.54) is 25.8 Å². The van der Waals surface area contributed by atoms with Gasteiger partial charge in [-0.3, -0.25) is 4.79 Å². The first-order valence-corrected chi connectivity index (χ1v) is 6.62. The molecular formula is C12H14ClNO3S. The molecule has 0 fully saturated rings. The van der Waals surface area contributed by atoms with Gasteiger partial charge in [-0.1, -0.05) is 17.7 Å². The zero-order valence-electron chi connectivity index (χ0n) is 10.1. The van der Waals surface area contributed by atoms with Crippen LogP contribution in [0.15, 0.2) is 29.2 Å². The standard InChI is InChI=1S/C12H14ClNO3S/c1-8(15)14-11(12(16)17-2)7-18-10-5-3-4-9(13)6-10/h3-6,11H,7H2,1-2H3,(H,14,15). The largest absolute Gasteiger partial charge is 0.467 e. The number of ether oxygens (including phenoxy) is 1. The van der Waals surface area contributed by atoms with E-state index in [2.05, 4.69) is 10.1 Å². The molecular weight excluding hydrogens is 274 g/mol. The van der Waals surface area contributed by atoms with Crippen LogP contribution in [0, 0.1) is 0 Å². The van der Waals surface area contributed by atoms with E-state index < -0.39 is 12.0 Å². The Morgan fingerprint density at radius 2 is 2.22 bits per heavy atom. The van der Waals surface area contributed by atoms with Crippen LogP contribution in [-0.2, 0) is 14.3 Å². The average Bonchev–Trinajstić information content (AvgIpc) is 2.33. The van der Waals surface area contributed by atoms with E-state index in [1.54, 1.807) is 12.1 Å². The molecule has 98 valence electrons. The molecule has 0 bridgehead atoms. The van der Waals surface area contributed by atoms with Gasteiger partial charge in [-0.15, -0.1) is 11.8 Å². The summed E-state index contributed by atoms with van der Waals surface area (Å²) in [6.45, 7) is 1.36. The van der Waals surface area contributed by atoms with E-state index in [-0.39, 0.29) is 5.91 Å². The van der Waals surface area contributed by atoms with Gasteiger partial charge in [-0.25, -0.2) is 4.79 Å². The molecule has 0 saturated carbocycles. The zero-order valence-corrected chi connectivity index (χ0v) is 11.7. The van der Waals surface area contributed by atoms with Crippen molar-refractivity contribution in [3.63, 3.8) is 0 Å². The molecule has 0 spiro atoms. The summed E-state index contributed by atoms with van der Waals surface area (Å²) >= 11 is 7.29. The third-order valence-electron chi connectivity index (χ3n) is 2.08. The Hall–Kier alpha value is -1.20. The van der Waals surface area contributed by atoms with Crippen LogP contribution in [0.3, 0.4) is 0 Å². The Morgan fingerprint density at radius 1 is 1.50 bits per heavy atom. The van der Waals surface area contributed by atoms with Gasteiger partial charge in [0, 0.05) is 22.6 Å². The smallest absolute Gasteiger partial charge is 0.329 e. The first kappa shape index (κ1) is 14.9. The fourth-order valence-corrected chi connectivity index (χ4v) is 2.51. The molecule has 1 aromatic carbocycles. The molecule has 1 atom stereocenters. The van der Waals surface area contributed by atoms with Crippen molar-refractivity contribution in [3.05, 3.63) is 29.3 Å². The molecule has 0 aliphatic heterocycles. The molecule has 1 unspecified atom stereocenters. The summed E-state index contributed by atoms with van der Waals surface area (Å²) in [5.41, 5.74) is 0. The quantitative estimate of drug-likeness (QED) is 0.666. The molecule has 0 saturated heterocycles. The monoisotopic (exact) mass is 287 g/mol. The molecule has 4 nitrogen and oxygen atoms in total. The van der Waals surface area contributed by atoms with E-state index in [0.717, 1.165) is 4.90 Å². The molecule has 1 rings (SSSR count). The van der Waals surface area contributed by atoms with Gasteiger partial charge in [-0.2, -0.15) is 0 Å². The predicted octanol–water partition coefficient (Wildman–Crippen LogP) is 2.11. The third-order valence-corrected chi connectivity index (χ3v) is 3.40. The van der Waals surface area contributed by atoms with Crippen molar-refractivity contribution < 1.29 is 14.3 Å². The van der Waals surface area contributed by atoms with E-state index in [9.17, 15) is 9.59 Å². The fourth-order valence-electron chi connectivity index (χ4n) is 1.29. The average molecular weight is 288 g/mol. The van der Waals surface area contributed by atoms with Crippen molar-refractivity contribution in [3.8, 4) is 0 Å². The molecule has 0 aromatic heterocycles. The topological polar surface area (TPSA) is 55.4 Å². The van der Waals surface area contributed by atoms with Crippen molar-refractivity contribution >= 4 is 35.2 Å². The maximum Gasteiger partial charge on any atom is 0.329 e. The number of methoxy groups -OCH3 is 1. The molecule has 0 heterocycles. The second-order valence-electron chi connectivity index (χ2n) is 3.54. The van der Waals surface area contributed by atoms with Crippen LogP contribution in [0.25, 0.3) is 0 Å². The molecule has 1 amide bonds. The third kappa shape index (κ3) is 4.98. The summed E-state index contributed by atoms with van der Waals surface area (Å²) < 4.78 is 4.63. The number of benzene rings is 1. The Morgan fingerprint density at radius 3 is 2.78 bits per heavy atom. The number of carbonyl (C=O) groups is 2. The van der Waals surface area contributed by atoms with Gasteiger partial charge < -0.3 is 10.1 Å². The highest BCUT2D eigenvalue weighted by Gasteiger charge is 2.20. The van der Waals surface area contributed by atoms with Crippen molar-refractivity contribution in [2.45, 2.75) is 17.9 Å². The number of carbonyl (C=O) groups excluding carboxylic acids is 2. The summed E-state index contributed by atoms with van der Waals surface area (Å²) in [5, 5.41) is 3.18. The minimum Gasteiger partial charge on any atom is -0.467 e. The Bertz CT molecular complexity index is 439. The number of esters is 1. The molecule has 18 heavy (non-hydrogen) atoms. The number of thioether (sulfide) groups is 1. The molecule has 0 aliphatic rings. The maximum absolute atomic E-state index is 11.5. The van der Waals surface area contributed by atoms with E-state index >= 15 is 0 Å². The Labute approximate surface area is 115 Å². The summed E-state index contributed by atoms with van der Waals surface area (Å²) in [6.07, 6.45) is 0. The number of halogens is 1. The minimum absolute atomic E-state index is 0.267. The van der Waals surface area contributed by atoms with Gasteiger partial charge in [0.1, 0.15) is 6.04 Å². The molecule has 0 aliphatic carbocycles. The molecule has 0 radical (unpaired) electrons. The lowest BCUT2D eigenvalue weighted by atomic mass is 10.3. The lowest BCUT2D eigenvalue weighted by molar-refractivity contribution is -0.144. The predicted molar refractivity (Wildman–Crippen MR) is 71.8 cm³/mol. The number of nitrogens with one attached hydrogen (secondary N) is 1. The van der Waals surface area contributed by atoms with Crippen LogP contribution in [0.1, 0.15) is 6.92 Å². The highest BCUT2D eigenvalue weighted by atomic mass is 35.5. The lowest BCUT2D eigenvalue weighted by Crippen LogP contribution is -2.42. The minimum atomic E-state index is -0.656. The van der Waals surface area contributed by atoms with Crippen LogP contribution in [0.4, 0.5) is 0 Å². The number of hydrogen-bond acceptors (Lipinski definition) is 4. The van der Waals surface area contributed by atoms with Gasteiger partial charge in [0.25, 0.3) is 0 Å². The van der Waals surface area contributed by atoms with Crippen LogP contribution < -0.4 is 5.32 Å². The summed E-state index contributed by atoms with van der Waals surface area (Å²) in [4.78, 5) is 23.4. The highest BCUT2D eigenvalue weighted by molar-refractivity contribution is 7.99. The highest BCUT2D eigenvalue weighted by Crippen LogP contribution is 2.22. The van der Waals surface area contributed by atoms with Gasteiger partial charge in [-0.05, 0) is 18.2 Å². The second kappa shape index (κ2) is 7.28. The van der Waals surface area contributed by atoms with Gasteiger partial charge in [0.2, 0.25) is 5.91 Å². The summed E-state index contributed by atoms with van der Waals surface area (Å²) in [7, 11) is 1.29. The normalized spacial score (nSPS) is 11.7. The van der Waals surface area contributed by atoms with Crippen molar-refractivity contribution in [1.82, 2.24) is 5.32 Å². The van der Waals surface area contributed by atoms with E-state index in [0.29, 0.717) is 10.8 Å². The van der Waals surface area contributed by atoms with Crippen LogP contribution in [-0.4, -0.2) is 30.8 Å². The Kier molecular flexibility index (Phi) is 6.01. The van der Waals surface area contributed by atoms with Crippen molar-refractivity contribution in [2.24, 2.45) is 0 Å². The molecule has 6 heteroatoms. The van der Waals surface area contributed by atoms with Gasteiger partial charge >= 0.3 is 5.97 Å². The number of hydrogen-bond donors (Lipinski definition) is 1. The number of amides is 1. The fraction of sp³-hybridized carbons (Fsp3) is 0.333. The van der Waals surface area contributed by atoms with Crippen LogP contribution >= 0.6 is 23.4 Å². The van der Waals surface area contributed by atoms with E-state index in [4.69, 9.17) is 11.6 Å². The molecule has 1 aromatic rings. The van der Waals surface area contributed by atoms with E-state index in [1.807, 2.05) is 12.1 Å². The first-order valence-electron chi connectivity index (χ1n) is 5.26. The summed E-state index contributed by atoms with van der Waals surface area (Å²) in [6, 6.07) is 6.64. The SMILES string of the molecule is COC(=O)C(CSc1cccc(Cl)c1)NC(C)=O. The lowest BCUT2D eigenvalue weighted by Gasteiger charge is -2.14. The number of rotatable bonds is 5. The van der Waals surface area contributed by atoms with Crippen molar-refractivity contribution in [2.75, 3.05) is 12.9 Å². The second-order valence-corrected chi connectivity index (χ2v) is 5.07. The summed E-state index contributed by atoms with van der Waals surface area (Å²) in [5.74, 6) is -0.330. The maximum atomic E-state index is 11.5. The van der Waals surface area contributed by atoms with Crippen molar-refractivity contribution in [1.29, 1.82) is 0 Å². The first-order chi connectivity index (χ1) is 8.52. The molecule has 1 N–H and O–H groups in total.